The molecule has 28 heavy (non-hydrogen) atoms. The number of carbonyl (C=O) groups is 2. The maximum Gasteiger partial charge on any atom is 0.338 e. The van der Waals surface area contributed by atoms with E-state index in [0.717, 1.165) is 38.5 Å². The summed E-state index contributed by atoms with van der Waals surface area (Å²) in [6.45, 7) is 9.10. The molecule has 0 aliphatic carbocycles. The number of amides is 1. The van der Waals surface area contributed by atoms with E-state index in [4.69, 9.17) is 4.74 Å². The van der Waals surface area contributed by atoms with Crippen LogP contribution in [0.1, 0.15) is 34.7 Å². The van der Waals surface area contributed by atoms with E-state index in [1.165, 1.54) is 0 Å². The molecular weight excluding hydrogens is 358 g/mol. The third-order valence-corrected chi connectivity index (χ3v) is 4.68. The van der Waals surface area contributed by atoms with Gasteiger partial charge in [-0.25, -0.2) is 4.79 Å². The Morgan fingerprint density at radius 2 is 1.71 bits per heavy atom. The lowest BCUT2D eigenvalue weighted by Crippen LogP contribution is -2.46. The summed E-state index contributed by atoms with van der Waals surface area (Å²) in [7, 11) is 0. The fourth-order valence-electron chi connectivity index (χ4n) is 3.01. The van der Waals surface area contributed by atoms with Crippen LogP contribution in [0.4, 0.5) is 11.5 Å². The van der Waals surface area contributed by atoms with Crippen molar-refractivity contribution < 1.29 is 14.3 Å². The average Bonchev–Trinajstić information content (AvgIpc) is 2.74. The van der Waals surface area contributed by atoms with Crippen molar-refractivity contribution in [2.24, 2.45) is 0 Å². The molecule has 8 heteroatoms. The second-order valence-electron chi connectivity index (χ2n) is 6.45. The molecule has 0 spiro atoms. The number of nitrogens with zero attached hydrogens (tertiary/aromatic N) is 4. The van der Waals surface area contributed by atoms with Gasteiger partial charge in [-0.1, -0.05) is 6.92 Å². The summed E-state index contributed by atoms with van der Waals surface area (Å²) in [5.74, 6) is 0.0476. The summed E-state index contributed by atoms with van der Waals surface area (Å²) in [6, 6.07) is 10.0. The molecule has 1 saturated heterocycles. The number of carbonyl (C=O) groups excluding carboxylic acids is 2. The number of anilines is 2. The summed E-state index contributed by atoms with van der Waals surface area (Å²) in [6.07, 6.45) is 0. The second-order valence-corrected chi connectivity index (χ2v) is 6.45. The zero-order valence-electron chi connectivity index (χ0n) is 16.2. The van der Waals surface area contributed by atoms with Crippen LogP contribution in [0.5, 0.6) is 0 Å². The smallest absolute Gasteiger partial charge is 0.338 e. The molecule has 1 amide bonds. The normalized spacial score (nSPS) is 14.6. The van der Waals surface area contributed by atoms with Crippen molar-refractivity contribution in [3.8, 4) is 0 Å². The Labute approximate surface area is 164 Å². The number of esters is 1. The predicted molar refractivity (Wildman–Crippen MR) is 107 cm³/mol. The Morgan fingerprint density at radius 3 is 2.29 bits per heavy atom. The molecule has 1 aromatic heterocycles. The first kappa shape index (κ1) is 19.8. The SMILES string of the molecule is CCOC(=O)c1ccc(NC(=O)c2ccc(N3CCN(CC)CC3)nn2)cc1. The van der Waals surface area contributed by atoms with Crippen LogP contribution in [-0.2, 0) is 4.74 Å². The molecule has 0 saturated carbocycles. The molecule has 2 heterocycles. The van der Waals surface area contributed by atoms with Crippen molar-refractivity contribution in [1.29, 1.82) is 0 Å². The van der Waals surface area contributed by atoms with Crippen molar-refractivity contribution in [2.45, 2.75) is 13.8 Å². The van der Waals surface area contributed by atoms with E-state index in [-0.39, 0.29) is 17.6 Å². The van der Waals surface area contributed by atoms with Gasteiger partial charge in [0.15, 0.2) is 11.5 Å². The van der Waals surface area contributed by atoms with Crippen molar-refractivity contribution in [2.75, 3.05) is 49.5 Å². The molecule has 1 N–H and O–H groups in total. The van der Waals surface area contributed by atoms with Crippen LogP contribution < -0.4 is 10.2 Å². The fraction of sp³-hybridized carbons (Fsp3) is 0.400. The number of hydrogen-bond acceptors (Lipinski definition) is 7. The predicted octanol–water partition coefficient (Wildman–Crippen LogP) is 2.05. The van der Waals surface area contributed by atoms with E-state index < -0.39 is 0 Å². The summed E-state index contributed by atoms with van der Waals surface area (Å²) in [4.78, 5) is 28.6. The number of aromatic nitrogens is 2. The van der Waals surface area contributed by atoms with E-state index in [2.05, 4.69) is 32.2 Å². The molecule has 1 fully saturated rings. The largest absolute Gasteiger partial charge is 0.462 e. The van der Waals surface area contributed by atoms with Gasteiger partial charge in [-0.2, -0.15) is 0 Å². The Kier molecular flexibility index (Phi) is 6.54. The van der Waals surface area contributed by atoms with Crippen molar-refractivity contribution in [1.82, 2.24) is 15.1 Å². The van der Waals surface area contributed by atoms with Gasteiger partial charge >= 0.3 is 5.97 Å². The molecule has 0 atom stereocenters. The third-order valence-electron chi connectivity index (χ3n) is 4.68. The maximum atomic E-state index is 12.4. The highest BCUT2D eigenvalue weighted by Crippen LogP contribution is 2.15. The first-order chi connectivity index (χ1) is 13.6. The highest BCUT2D eigenvalue weighted by Gasteiger charge is 2.18. The molecule has 0 bridgehead atoms. The summed E-state index contributed by atoms with van der Waals surface area (Å²) in [5.41, 5.74) is 1.25. The van der Waals surface area contributed by atoms with Crippen molar-refractivity contribution in [3.05, 3.63) is 47.7 Å². The lowest BCUT2D eigenvalue weighted by molar-refractivity contribution is 0.0526. The minimum atomic E-state index is -0.387. The number of piperazine rings is 1. The van der Waals surface area contributed by atoms with Gasteiger partial charge in [0.05, 0.1) is 12.2 Å². The summed E-state index contributed by atoms with van der Waals surface area (Å²) < 4.78 is 4.94. The van der Waals surface area contributed by atoms with Crippen LogP contribution in [0.15, 0.2) is 36.4 Å². The molecule has 3 rings (SSSR count). The number of ether oxygens (including phenoxy) is 1. The molecule has 8 nitrogen and oxygen atoms in total. The molecule has 2 aromatic rings. The first-order valence-corrected chi connectivity index (χ1v) is 9.50. The number of benzene rings is 1. The van der Waals surface area contributed by atoms with Gasteiger partial charge in [-0.15, -0.1) is 10.2 Å². The summed E-state index contributed by atoms with van der Waals surface area (Å²) in [5, 5.41) is 11.0. The summed E-state index contributed by atoms with van der Waals surface area (Å²) >= 11 is 0. The maximum absolute atomic E-state index is 12.4. The zero-order chi connectivity index (χ0) is 19.9. The lowest BCUT2D eigenvalue weighted by Gasteiger charge is -2.34. The van der Waals surface area contributed by atoms with Crippen LogP contribution in [0.2, 0.25) is 0 Å². The Bertz CT molecular complexity index is 800. The number of rotatable bonds is 6. The van der Waals surface area contributed by atoms with Gasteiger partial charge < -0.3 is 19.9 Å². The number of likely N-dealkylation sites (N-methyl/N-ethyl adjacent to an activating group) is 1. The van der Waals surface area contributed by atoms with Crippen LogP contribution in [0, 0.1) is 0 Å². The van der Waals surface area contributed by atoms with E-state index in [9.17, 15) is 9.59 Å². The Morgan fingerprint density at radius 1 is 1.00 bits per heavy atom. The molecule has 148 valence electrons. The monoisotopic (exact) mass is 383 g/mol. The molecule has 1 aliphatic heterocycles. The van der Waals surface area contributed by atoms with Crippen molar-refractivity contribution in [3.63, 3.8) is 0 Å². The van der Waals surface area contributed by atoms with E-state index >= 15 is 0 Å². The molecule has 1 aliphatic rings. The van der Waals surface area contributed by atoms with Crippen LogP contribution in [0.25, 0.3) is 0 Å². The average molecular weight is 383 g/mol. The van der Waals surface area contributed by atoms with E-state index in [1.807, 2.05) is 6.07 Å². The Balaban J connectivity index is 1.58. The minimum absolute atomic E-state index is 0.241. The number of hydrogen-bond donors (Lipinski definition) is 1. The zero-order valence-corrected chi connectivity index (χ0v) is 16.2. The molecular formula is C20H25N5O3. The standard InChI is InChI=1S/C20H25N5O3/c1-3-24-11-13-25(14-12-24)18-10-9-17(22-23-18)19(26)21-16-7-5-15(6-8-16)20(27)28-4-2/h5-10H,3-4,11-14H2,1-2H3,(H,21,26). The van der Waals surface area contributed by atoms with Crippen LogP contribution >= 0.6 is 0 Å². The van der Waals surface area contributed by atoms with Crippen LogP contribution in [0.3, 0.4) is 0 Å². The van der Waals surface area contributed by atoms with Gasteiger partial charge in [0, 0.05) is 31.9 Å². The van der Waals surface area contributed by atoms with Gasteiger partial charge in [0.1, 0.15) is 0 Å². The quantitative estimate of drug-likeness (QED) is 0.764. The Hall–Kier alpha value is -3.00. The van der Waals surface area contributed by atoms with Gasteiger partial charge in [-0.05, 0) is 49.9 Å². The van der Waals surface area contributed by atoms with E-state index in [0.29, 0.717) is 17.9 Å². The molecule has 0 unspecified atom stereocenters. The van der Waals surface area contributed by atoms with Gasteiger partial charge in [0.2, 0.25) is 0 Å². The molecule has 0 radical (unpaired) electrons. The second kappa shape index (κ2) is 9.27. The van der Waals surface area contributed by atoms with Gasteiger partial charge in [0.25, 0.3) is 5.91 Å². The van der Waals surface area contributed by atoms with Crippen LogP contribution in [-0.4, -0.2) is 66.3 Å². The molecule has 1 aromatic carbocycles. The third kappa shape index (κ3) is 4.83. The first-order valence-electron chi connectivity index (χ1n) is 9.50. The minimum Gasteiger partial charge on any atom is -0.462 e. The lowest BCUT2D eigenvalue weighted by atomic mass is 10.2. The fourth-order valence-corrected chi connectivity index (χ4v) is 3.01. The highest BCUT2D eigenvalue weighted by atomic mass is 16.5. The number of nitrogens with one attached hydrogen (secondary N) is 1. The van der Waals surface area contributed by atoms with Crippen molar-refractivity contribution >= 4 is 23.4 Å². The van der Waals surface area contributed by atoms with Gasteiger partial charge in [-0.3, -0.25) is 4.79 Å². The van der Waals surface area contributed by atoms with E-state index in [1.54, 1.807) is 37.3 Å². The topological polar surface area (TPSA) is 87.7 Å². The highest BCUT2D eigenvalue weighted by molar-refractivity contribution is 6.03.